The van der Waals surface area contributed by atoms with Gasteiger partial charge in [-0.2, -0.15) is 0 Å². The summed E-state index contributed by atoms with van der Waals surface area (Å²) < 4.78 is 0. The van der Waals surface area contributed by atoms with Gasteiger partial charge in [0.1, 0.15) is 0 Å². The Labute approximate surface area is 69.1 Å². The number of nitrogens with two attached hydrogens (primary N) is 1. The Hall–Kier alpha value is -0.600. The van der Waals surface area contributed by atoms with E-state index >= 15 is 0 Å². The third kappa shape index (κ3) is 7.30. The van der Waals surface area contributed by atoms with Gasteiger partial charge < -0.3 is 0 Å². The van der Waals surface area contributed by atoms with Crippen LogP contribution in [-0.4, -0.2) is 6.54 Å². The molecule has 11 heavy (non-hydrogen) atoms. The smallest absolute Gasteiger partial charge is 0.0101 e. The van der Waals surface area contributed by atoms with Crippen LogP contribution < -0.4 is 11.3 Å². The van der Waals surface area contributed by atoms with Crippen molar-refractivity contribution in [2.75, 3.05) is 6.54 Å². The Bertz CT molecular complexity index is 128. The van der Waals surface area contributed by atoms with Gasteiger partial charge in [-0.05, 0) is 19.3 Å². The first-order valence-electron chi connectivity index (χ1n) is 4.09. The summed E-state index contributed by atoms with van der Waals surface area (Å²) in [7, 11) is 0. The van der Waals surface area contributed by atoms with Gasteiger partial charge in [-0.1, -0.05) is 31.2 Å². The van der Waals surface area contributed by atoms with E-state index in [1.807, 2.05) is 0 Å². The molecule has 0 saturated carbocycles. The Morgan fingerprint density at radius 1 is 1.64 bits per heavy atom. The normalized spacial score (nSPS) is 10.7. The van der Waals surface area contributed by atoms with Crippen molar-refractivity contribution in [1.82, 2.24) is 5.43 Å². The lowest BCUT2D eigenvalue weighted by atomic mass is 10.1. The molecule has 0 unspecified atom stereocenters. The van der Waals surface area contributed by atoms with E-state index < -0.39 is 0 Å². The van der Waals surface area contributed by atoms with Gasteiger partial charge in [-0.25, -0.2) is 0 Å². The van der Waals surface area contributed by atoms with Crippen LogP contribution in [0.2, 0.25) is 0 Å². The summed E-state index contributed by atoms with van der Waals surface area (Å²) in [6.45, 7) is 6.89. The minimum atomic E-state index is 0.860. The second-order valence-corrected chi connectivity index (χ2v) is 2.53. The Balaban J connectivity index is 3.30. The molecular formula is C9H18N2. The molecule has 0 bridgehead atoms. The Morgan fingerprint density at radius 3 is 2.91 bits per heavy atom. The lowest BCUT2D eigenvalue weighted by Crippen LogP contribution is -2.22. The molecule has 3 N–H and O–H groups in total. The minimum Gasteiger partial charge on any atom is -0.271 e. The fraction of sp³-hybridized carbons (Fsp3) is 0.556. The van der Waals surface area contributed by atoms with Crippen LogP contribution in [0.1, 0.15) is 26.2 Å². The number of nitrogens with one attached hydrogen (secondary N) is 1. The minimum absolute atomic E-state index is 0.860. The van der Waals surface area contributed by atoms with Crippen molar-refractivity contribution in [1.29, 1.82) is 0 Å². The molecule has 0 heterocycles. The summed E-state index contributed by atoms with van der Waals surface area (Å²) in [5, 5.41) is 0. The lowest BCUT2D eigenvalue weighted by Gasteiger charge is -1.98. The highest BCUT2D eigenvalue weighted by Gasteiger charge is 1.87. The molecule has 0 amide bonds. The molecule has 0 fully saturated rings. The molecule has 0 radical (unpaired) electrons. The van der Waals surface area contributed by atoms with Gasteiger partial charge in [0.15, 0.2) is 0 Å². The summed E-state index contributed by atoms with van der Waals surface area (Å²) in [5.74, 6) is 5.12. The third-order valence-corrected chi connectivity index (χ3v) is 1.41. The van der Waals surface area contributed by atoms with Gasteiger partial charge in [-0.3, -0.25) is 11.3 Å². The third-order valence-electron chi connectivity index (χ3n) is 1.41. The van der Waals surface area contributed by atoms with E-state index in [1.165, 1.54) is 5.57 Å². The van der Waals surface area contributed by atoms with Crippen molar-refractivity contribution in [3.8, 4) is 0 Å². The molecule has 0 aliphatic carbocycles. The predicted octanol–water partition coefficient (Wildman–Crippen LogP) is 1.75. The molecule has 0 rings (SSSR count). The standard InChI is InChI=1S/C9H18N2/c1-3-4-6-9(2)7-5-8-11-10/h4,6,11H,2-3,5,7-8,10H2,1H3/b6-4-. The van der Waals surface area contributed by atoms with Crippen LogP contribution in [-0.2, 0) is 0 Å². The number of allylic oxidation sites excluding steroid dienone is 3. The van der Waals surface area contributed by atoms with Gasteiger partial charge >= 0.3 is 0 Å². The fourth-order valence-electron chi connectivity index (χ4n) is 0.785. The molecule has 0 aromatic carbocycles. The largest absolute Gasteiger partial charge is 0.271 e. The van der Waals surface area contributed by atoms with Crippen LogP contribution in [0.4, 0.5) is 0 Å². The van der Waals surface area contributed by atoms with Crippen molar-refractivity contribution in [3.05, 3.63) is 24.3 Å². The quantitative estimate of drug-likeness (QED) is 0.265. The highest BCUT2D eigenvalue weighted by molar-refractivity contribution is 5.13. The molecule has 0 spiro atoms. The van der Waals surface area contributed by atoms with E-state index in [0.717, 1.165) is 25.8 Å². The summed E-state index contributed by atoms with van der Waals surface area (Å²) in [5.41, 5.74) is 3.80. The average molecular weight is 154 g/mol. The average Bonchev–Trinajstić information content (AvgIpc) is 2.01. The molecule has 64 valence electrons. The first-order chi connectivity index (χ1) is 5.31. The van der Waals surface area contributed by atoms with Crippen molar-refractivity contribution >= 4 is 0 Å². The fourth-order valence-corrected chi connectivity index (χ4v) is 0.785. The van der Waals surface area contributed by atoms with Gasteiger partial charge in [0, 0.05) is 6.54 Å². The van der Waals surface area contributed by atoms with Crippen LogP contribution in [0.15, 0.2) is 24.3 Å². The number of hydrazine groups is 1. The van der Waals surface area contributed by atoms with E-state index in [4.69, 9.17) is 5.84 Å². The molecule has 0 atom stereocenters. The lowest BCUT2D eigenvalue weighted by molar-refractivity contribution is 0.681. The Morgan fingerprint density at radius 2 is 2.36 bits per heavy atom. The summed E-state index contributed by atoms with van der Waals surface area (Å²) >= 11 is 0. The zero-order chi connectivity index (χ0) is 8.53. The highest BCUT2D eigenvalue weighted by Crippen LogP contribution is 2.03. The van der Waals surface area contributed by atoms with Crippen LogP contribution in [0.3, 0.4) is 0 Å². The molecule has 2 heteroatoms. The van der Waals surface area contributed by atoms with Gasteiger partial charge in [-0.15, -0.1) is 0 Å². The molecule has 0 saturated heterocycles. The van der Waals surface area contributed by atoms with Gasteiger partial charge in [0.25, 0.3) is 0 Å². The van der Waals surface area contributed by atoms with Crippen LogP contribution in [0, 0.1) is 0 Å². The summed E-state index contributed by atoms with van der Waals surface area (Å²) in [4.78, 5) is 0. The molecule has 2 nitrogen and oxygen atoms in total. The maximum Gasteiger partial charge on any atom is 0.0101 e. The van der Waals surface area contributed by atoms with Crippen LogP contribution in [0.5, 0.6) is 0 Å². The first kappa shape index (κ1) is 10.4. The summed E-state index contributed by atoms with van der Waals surface area (Å²) in [6, 6.07) is 0. The van der Waals surface area contributed by atoms with E-state index in [2.05, 4.69) is 31.1 Å². The van der Waals surface area contributed by atoms with E-state index in [0.29, 0.717) is 0 Å². The maximum absolute atomic E-state index is 5.12. The maximum atomic E-state index is 5.12. The van der Waals surface area contributed by atoms with E-state index in [1.54, 1.807) is 0 Å². The zero-order valence-electron chi connectivity index (χ0n) is 7.27. The van der Waals surface area contributed by atoms with Crippen LogP contribution in [0.25, 0.3) is 0 Å². The number of rotatable bonds is 6. The Kier molecular flexibility index (Phi) is 7.10. The van der Waals surface area contributed by atoms with E-state index in [-0.39, 0.29) is 0 Å². The van der Waals surface area contributed by atoms with Gasteiger partial charge in [0.05, 0.1) is 0 Å². The molecule has 0 aromatic heterocycles. The second kappa shape index (κ2) is 7.51. The zero-order valence-corrected chi connectivity index (χ0v) is 7.27. The number of hydrogen-bond donors (Lipinski definition) is 2. The van der Waals surface area contributed by atoms with Crippen molar-refractivity contribution in [2.24, 2.45) is 5.84 Å². The van der Waals surface area contributed by atoms with Gasteiger partial charge in [0.2, 0.25) is 0 Å². The molecule has 0 aliphatic rings. The van der Waals surface area contributed by atoms with Crippen molar-refractivity contribution in [3.63, 3.8) is 0 Å². The molecular weight excluding hydrogens is 136 g/mol. The van der Waals surface area contributed by atoms with Crippen molar-refractivity contribution in [2.45, 2.75) is 26.2 Å². The SMILES string of the molecule is C=C(/C=C\CC)CCCNN. The molecule has 0 aromatic rings. The monoisotopic (exact) mass is 154 g/mol. The highest BCUT2D eigenvalue weighted by atomic mass is 15.2. The van der Waals surface area contributed by atoms with E-state index in [9.17, 15) is 0 Å². The topological polar surface area (TPSA) is 38.0 Å². The summed E-state index contributed by atoms with van der Waals surface area (Å²) in [6.07, 6.45) is 7.37. The van der Waals surface area contributed by atoms with Crippen LogP contribution >= 0.6 is 0 Å². The second-order valence-electron chi connectivity index (χ2n) is 2.53. The number of hydrogen-bond acceptors (Lipinski definition) is 2. The van der Waals surface area contributed by atoms with Crippen molar-refractivity contribution < 1.29 is 0 Å². The first-order valence-corrected chi connectivity index (χ1v) is 4.09. The predicted molar refractivity (Wildman–Crippen MR) is 50.0 cm³/mol. The molecule has 0 aliphatic heterocycles.